The third kappa shape index (κ3) is 4.16. The van der Waals surface area contributed by atoms with Gasteiger partial charge in [-0.1, -0.05) is 20.8 Å². The fourth-order valence-electron chi connectivity index (χ4n) is 7.28. The van der Waals surface area contributed by atoms with Gasteiger partial charge in [-0.25, -0.2) is 9.98 Å². The van der Waals surface area contributed by atoms with E-state index in [0.29, 0.717) is 12.0 Å². The van der Waals surface area contributed by atoms with Crippen LogP contribution in [0.4, 0.5) is 0 Å². The average Bonchev–Trinajstić information content (AvgIpc) is 3.71. The maximum absolute atomic E-state index is 11.6. The molecule has 0 spiro atoms. The van der Waals surface area contributed by atoms with Gasteiger partial charge >= 0.3 is 5.97 Å². The molecule has 0 saturated heterocycles. The number of aromatic amines is 1. The van der Waals surface area contributed by atoms with Gasteiger partial charge < -0.3 is 15.2 Å². The lowest BCUT2D eigenvalue weighted by Gasteiger charge is -2.19. The van der Waals surface area contributed by atoms with Gasteiger partial charge in [0.15, 0.2) is 0 Å². The van der Waals surface area contributed by atoms with E-state index in [1.54, 1.807) is 0 Å². The normalized spacial score (nSPS) is 24.3. The van der Waals surface area contributed by atoms with Gasteiger partial charge in [-0.3, -0.25) is 9.79 Å². The molecule has 0 aromatic carbocycles. The number of rotatable bonds is 5. The second-order valence-corrected chi connectivity index (χ2v) is 11.7. The number of hydrogen-bond acceptors (Lipinski definition) is 5. The van der Waals surface area contributed by atoms with Gasteiger partial charge in [0.2, 0.25) is 0 Å². The summed E-state index contributed by atoms with van der Waals surface area (Å²) in [6.07, 6.45) is 9.43. The molecule has 6 rings (SSSR count). The second-order valence-electron chi connectivity index (χ2n) is 11.7. The highest BCUT2D eigenvalue weighted by molar-refractivity contribution is 6.32. The molecule has 0 amide bonds. The summed E-state index contributed by atoms with van der Waals surface area (Å²) in [6, 6.07) is 0. The predicted molar refractivity (Wildman–Crippen MR) is 165 cm³/mol. The molecule has 7 heteroatoms. The minimum Gasteiger partial charge on any atom is -0.515 e. The lowest BCUT2D eigenvalue weighted by atomic mass is 9.82. The van der Waals surface area contributed by atoms with E-state index in [2.05, 4.69) is 58.7 Å². The van der Waals surface area contributed by atoms with Crippen LogP contribution in [0.3, 0.4) is 0 Å². The summed E-state index contributed by atoms with van der Waals surface area (Å²) in [5, 5.41) is 20.2. The Bertz CT molecular complexity index is 1680. The van der Waals surface area contributed by atoms with Crippen LogP contribution in [0.15, 0.2) is 71.8 Å². The van der Waals surface area contributed by atoms with Crippen molar-refractivity contribution < 1.29 is 15.0 Å². The van der Waals surface area contributed by atoms with Gasteiger partial charge in [-0.2, -0.15) is 0 Å². The quantitative estimate of drug-likeness (QED) is 0.328. The molecule has 1 aromatic heterocycles. The lowest BCUT2D eigenvalue weighted by molar-refractivity contribution is -0.137. The molecule has 1 aliphatic carbocycles. The zero-order valence-corrected chi connectivity index (χ0v) is 24.8. The van der Waals surface area contributed by atoms with E-state index in [-0.39, 0.29) is 18.3 Å². The van der Waals surface area contributed by atoms with Crippen molar-refractivity contribution in [3.05, 3.63) is 79.3 Å². The molecule has 41 heavy (non-hydrogen) atoms. The molecule has 2 atom stereocenters. The Hall–Kier alpha value is -4.00. The van der Waals surface area contributed by atoms with E-state index in [0.717, 1.165) is 94.3 Å². The Kier molecular flexibility index (Phi) is 6.71. The first-order valence-corrected chi connectivity index (χ1v) is 14.8. The van der Waals surface area contributed by atoms with E-state index in [4.69, 9.17) is 15.0 Å². The van der Waals surface area contributed by atoms with Gasteiger partial charge in [0.05, 0.1) is 40.4 Å². The molecule has 8 bridgehead atoms. The Morgan fingerprint density at radius 2 is 1.68 bits per heavy atom. The van der Waals surface area contributed by atoms with Crippen molar-refractivity contribution in [2.24, 2.45) is 26.8 Å². The number of carboxylic acids is 1. The monoisotopic (exact) mass is 550 g/mol. The maximum Gasteiger partial charge on any atom is 0.303 e. The molecule has 1 saturated carbocycles. The molecular formula is C34H38N4O3. The van der Waals surface area contributed by atoms with Crippen LogP contribution in [0.25, 0.3) is 12.2 Å². The van der Waals surface area contributed by atoms with Crippen LogP contribution in [0.2, 0.25) is 0 Å². The number of hydrogen-bond donors (Lipinski definition) is 3. The van der Waals surface area contributed by atoms with Crippen molar-refractivity contribution in [2.45, 2.75) is 80.1 Å². The highest BCUT2D eigenvalue weighted by Crippen LogP contribution is 2.47. The van der Waals surface area contributed by atoms with E-state index < -0.39 is 5.97 Å². The van der Waals surface area contributed by atoms with Crippen molar-refractivity contribution in [2.75, 3.05) is 0 Å². The molecule has 5 heterocycles. The van der Waals surface area contributed by atoms with E-state index in [9.17, 15) is 15.0 Å². The minimum absolute atomic E-state index is 0.0624. The number of aliphatic carboxylic acids is 1. The molecule has 3 N–H and O–H groups in total. The highest BCUT2D eigenvalue weighted by atomic mass is 16.4. The number of nitrogens with zero attached hydrogens (tertiary/aromatic N) is 3. The van der Waals surface area contributed by atoms with E-state index >= 15 is 0 Å². The lowest BCUT2D eigenvalue weighted by Crippen LogP contribution is -2.22. The molecule has 1 aromatic rings. The maximum atomic E-state index is 11.6. The molecule has 4 aliphatic heterocycles. The number of aliphatic imine (C=N–C) groups is 3. The van der Waals surface area contributed by atoms with Crippen molar-refractivity contribution in [3.63, 3.8) is 0 Å². The predicted octanol–water partition coefficient (Wildman–Crippen LogP) is 7.59. The molecule has 1 fully saturated rings. The van der Waals surface area contributed by atoms with Crippen LogP contribution in [0.1, 0.15) is 89.2 Å². The number of nitrogens with one attached hydrogen (secondary N) is 1. The Labute approximate surface area is 241 Å². The Balaban J connectivity index is 1.65. The van der Waals surface area contributed by atoms with Crippen LogP contribution >= 0.6 is 0 Å². The Morgan fingerprint density at radius 3 is 2.37 bits per heavy atom. The molecule has 0 unspecified atom stereocenters. The van der Waals surface area contributed by atoms with Crippen LogP contribution in [0, 0.1) is 18.8 Å². The fourth-order valence-corrected chi connectivity index (χ4v) is 7.28. The summed E-state index contributed by atoms with van der Waals surface area (Å²) in [5.74, 6) is -0.972. The summed E-state index contributed by atoms with van der Waals surface area (Å²) in [6.45, 7) is 12.8. The van der Waals surface area contributed by atoms with Crippen molar-refractivity contribution in [3.8, 4) is 0 Å². The number of carboxylic acid groups (broad SMARTS) is 1. The average molecular weight is 551 g/mol. The molecule has 7 nitrogen and oxygen atoms in total. The largest absolute Gasteiger partial charge is 0.515 e. The summed E-state index contributed by atoms with van der Waals surface area (Å²) < 4.78 is 0. The van der Waals surface area contributed by atoms with Crippen LogP contribution in [0.5, 0.6) is 0 Å². The molecule has 5 aliphatic rings. The summed E-state index contributed by atoms with van der Waals surface area (Å²) in [5.41, 5.74) is 16.2. The first kappa shape index (κ1) is 27.2. The number of carbonyl (C=O) groups is 1. The smallest absolute Gasteiger partial charge is 0.303 e. The van der Waals surface area contributed by atoms with Crippen molar-refractivity contribution >= 4 is 35.3 Å². The number of aliphatic hydroxyl groups excluding tert-OH is 1. The van der Waals surface area contributed by atoms with E-state index in [1.807, 2.05) is 0 Å². The van der Waals surface area contributed by atoms with Gasteiger partial charge in [0, 0.05) is 40.9 Å². The number of allylic oxidation sites excluding steroid dienone is 7. The van der Waals surface area contributed by atoms with Crippen LogP contribution < -0.4 is 0 Å². The topological polar surface area (TPSA) is 110 Å². The van der Waals surface area contributed by atoms with Crippen molar-refractivity contribution in [1.82, 2.24) is 4.98 Å². The molecular weight excluding hydrogens is 512 g/mol. The molecule has 0 radical (unpaired) electrons. The number of aliphatic hydroxyl groups is 1. The summed E-state index contributed by atoms with van der Waals surface area (Å²) >= 11 is 0. The zero-order chi connectivity index (χ0) is 29.2. The first-order chi connectivity index (χ1) is 19.7. The third-order valence-corrected chi connectivity index (χ3v) is 9.60. The standard InChI is InChI=1S/C34H38N4O3/c1-7-20-16(3)26-13-29-21(8-2)18(5)31(37-29)25(15-39)32-19(6)23(11-12-30(40)41)34(38-32)24-10-9-22-17(4)27(36-33(22)24)14-28(20)35-26/h13-15,19,23,35,39H,7-12H2,1-6H3,(H,40,41)/b25-15+,27-14?,29-13?,34-24?/t19-,23-/m0/s1. The summed E-state index contributed by atoms with van der Waals surface area (Å²) in [4.78, 5) is 30.8. The van der Waals surface area contributed by atoms with Crippen molar-refractivity contribution in [1.29, 1.82) is 0 Å². The van der Waals surface area contributed by atoms with Crippen LogP contribution in [-0.2, 0) is 11.2 Å². The van der Waals surface area contributed by atoms with Crippen LogP contribution in [-0.4, -0.2) is 38.3 Å². The third-order valence-electron chi connectivity index (χ3n) is 9.60. The number of aromatic nitrogens is 1. The first-order valence-electron chi connectivity index (χ1n) is 14.8. The number of H-pyrrole nitrogens is 1. The van der Waals surface area contributed by atoms with Gasteiger partial charge in [0.25, 0.3) is 0 Å². The minimum atomic E-state index is -0.814. The van der Waals surface area contributed by atoms with Gasteiger partial charge in [0.1, 0.15) is 0 Å². The second kappa shape index (κ2) is 10.1. The molecule has 212 valence electrons. The SMILES string of the molecule is CCC1=C(C)C2=NC1=Cc1[nH]c(c(CC)c1C)C=C1N=C3C(=C1C)CCC3=C1N=C(/C2=C/O)[C@@H](C)[C@@H]1CCC(=O)O. The number of fused-ring (bicyclic) bond motifs is 5. The fraction of sp³-hybridized carbons (Fsp3) is 0.412. The van der Waals surface area contributed by atoms with E-state index in [1.165, 1.54) is 22.3 Å². The summed E-state index contributed by atoms with van der Waals surface area (Å²) in [7, 11) is 0. The highest BCUT2D eigenvalue weighted by Gasteiger charge is 2.41. The zero-order valence-electron chi connectivity index (χ0n) is 24.8. The van der Waals surface area contributed by atoms with Gasteiger partial charge in [-0.15, -0.1) is 0 Å². The Morgan fingerprint density at radius 1 is 0.976 bits per heavy atom. The van der Waals surface area contributed by atoms with Gasteiger partial charge in [-0.05, 0) is 98.4 Å².